The summed E-state index contributed by atoms with van der Waals surface area (Å²) >= 11 is 0. The minimum absolute atomic E-state index is 0.341. The van der Waals surface area contributed by atoms with E-state index in [-0.39, 0.29) is 5.97 Å². The molecule has 20 heavy (non-hydrogen) atoms. The summed E-state index contributed by atoms with van der Waals surface area (Å²) in [4.78, 5) is 12.0. The third kappa shape index (κ3) is 3.19. The van der Waals surface area contributed by atoms with Crippen molar-refractivity contribution in [3.05, 3.63) is 11.4 Å². The highest BCUT2D eigenvalue weighted by molar-refractivity contribution is 5.88. The smallest absolute Gasteiger partial charge is 0.360 e. The van der Waals surface area contributed by atoms with E-state index in [1.54, 1.807) is 0 Å². The number of rotatable bonds is 5. The number of aromatic nitrogens is 3. The maximum Gasteiger partial charge on any atom is 0.360 e. The Morgan fingerprint density at radius 2 is 2.00 bits per heavy atom. The molecule has 1 aliphatic rings. The molecule has 0 atom stereocenters. The number of carbonyl (C=O) groups excluding carboxylic acids is 1. The lowest BCUT2D eigenvalue weighted by atomic mass is 9.87. The monoisotopic (exact) mass is 279 g/mol. The molecule has 0 N–H and O–H groups in total. The van der Waals surface area contributed by atoms with Gasteiger partial charge in [-0.25, -0.2) is 9.48 Å². The zero-order valence-electron chi connectivity index (χ0n) is 12.8. The van der Waals surface area contributed by atoms with Gasteiger partial charge in [-0.3, -0.25) is 0 Å². The second-order valence-corrected chi connectivity index (χ2v) is 5.71. The molecule has 0 aliphatic heterocycles. The van der Waals surface area contributed by atoms with E-state index in [0.717, 1.165) is 37.3 Å². The lowest BCUT2D eigenvalue weighted by molar-refractivity contribution is 0.0518. The largest absolute Gasteiger partial charge is 0.461 e. The van der Waals surface area contributed by atoms with Gasteiger partial charge in [0.25, 0.3) is 0 Å². The quantitative estimate of drug-likeness (QED) is 0.777. The van der Waals surface area contributed by atoms with Gasteiger partial charge in [-0.15, -0.1) is 5.10 Å². The molecule has 0 aromatic carbocycles. The SMILES string of the molecule is CCCc1c(C(=O)OCC)nnn1C1CCC(C)CC1. The van der Waals surface area contributed by atoms with Gasteiger partial charge in [0.05, 0.1) is 18.3 Å². The van der Waals surface area contributed by atoms with Crippen LogP contribution in [0.15, 0.2) is 0 Å². The van der Waals surface area contributed by atoms with Crippen molar-refractivity contribution < 1.29 is 9.53 Å². The van der Waals surface area contributed by atoms with Crippen LogP contribution in [0.25, 0.3) is 0 Å². The van der Waals surface area contributed by atoms with E-state index in [1.807, 2.05) is 11.6 Å². The molecule has 5 nitrogen and oxygen atoms in total. The van der Waals surface area contributed by atoms with Gasteiger partial charge in [0.2, 0.25) is 0 Å². The zero-order chi connectivity index (χ0) is 14.5. The first-order valence-electron chi connectivity index (χ1n) is 7.78. The molecular formula is C15H25N3O2. The van der Waals surface area contributed by atoms with Crippen LogP contribution in [0.3, 0.4) is 0 Å². The van der Waals surface area contributed by atoms with Crippen molar-refractivity contribution in [3.8, 4) is 0 Å². The average Bonchev–Trinajstić information content (AvgIpc) is 2.84. The summed E-state index contributed by atoms with van der Waals surface area (Å²) in [5, 5.41) is 8.34. The van der Waals surface area contributed by atoms with Gasteiger partial charge in [-0.05, 0) is 44.9 Å². The summed E-state index contributed by atoms with van der Waals surface area (Å²) in [6, 6.07) is 0.392. The Kier molecular flexibility index (Phi) is 5.15. The highest BCUT2D eigenvalue weighted by Gasteiger charge is 2.26. The molecule has 0 saturated heterocycles. The standard InChI is InChI=1S/C15H25N3O2/c1-4-6-13-14(15(19)20-5-2)16-17-18(13)12-9-7-11(3)8-10-12/h11-12H,4-10H2,1-3H3. The van der Waals surface area contributed by atoms with E-state index in [1.165, 1.54) is 12.8 Å². The van der Waals surface area contributed by atoms with Crippen molar-refractivity contribution in [1.82, 2.24) is 15.0 Å². The second-order valence-electron chi connectivity index (χ2n) is 5.71. The van der Waals surface area contributed by atoms with Gasteiger partial charge in [0.15, 0.2) is 5.69 Å². The number of hydrogen-bond acceptors (Lipinski definition) is 4. The zero-order valence-corrected chi connectivity index (χ0v) is 12.8. The van der Waals surface area contributed by atoms with Crippen LogP contribution >= 0.6 is 0 Å². The summed E-state index contributed by atoms with van der Waals surface area (Å²) in [7, 11) is 0. The van der Waals surface area contributed by atoms with Crippen LogP contribution in [0.4, 0.5) is 0 Å². The van der Waals surface area contributed by atoms with Crippen LogP contribution in [0.1, 0.15) is 75.1 Å². The summed E-state index contributed by atoms with van der Waals surface area (Å²) in [5.41, 5.74) is 1.36. The van der Waals surface area contributed by atoms with Crippen LogP contribution in [-0.4, -0.2) is 27.6 Å². The second kappa shape index (κ2) is 6.86. The Labute approximate surface area is 120 Å². The summed E-state index contributed by atoms with van der Waals surface area (Å²) in [6.45, 7) is 6.59. The number of carbonyl (C=O) groups is 1. The molecule has 0 radical (unpaired) electrons. The number of nitrogens with zero attached hydrogens (tertiary/aromatic N) is 3. The molecule has 0 unspecified atom stereocenters. The average molecular weight is 279 g/mol. The van der Waals surface area contributed by atoms with E-state index in [9.17, 15) is 4.79 Å². The van der Waals surface area contributed by atoms with Gasteiger partial charge in [-0.2, -0.15) is 0 Å². The van der Waals surface area contributed by atoms with Gasteiger partial charge in [-0.1, -0.05) is 25.5 Å². The van der Waals surface area contributed by atoms with E-state index >= 15 is 0 Å². The van der Waals surface area contributed by atoms with E-state index < -0.39 is 0 Å². The van der Waals surface area contributed by atoms with E-state index in [0.29, 0.717) is 18.3 Å². The minimum Gasteiger partial charge on any atom is -0.461 e. The van der Waals surface area contributed by atoms with Crippen LogP contribution < -0.4 is 0 Å². The normalized spacial score (nSPS) is 22.8. The fraction of sp³-hybridized carbons (Fsp3) is 0.800. The highest BCUT2D eigenvalue weighted by atomic mass is 16.5. The summed E-state index contributed by atoms with van der Waals surface area (Å²) in [6.07, 6.45) is 6.51. The molecule has 1 aromatic heterocycles. The van der Waals surface area contributed by atoms with Gasteiger partial charge in [0.1, 0.15) is 0 Å². The molecule has 1 fully saturated rings. The maximum absolute atomic E-state index is 12.0. The number of ether oxygens (including phenoxy) is 1. The Hall–Kier alpha value is -1.39. The van der Waals surface area contributed by atoms with Gasteiger partial charge in [0, 0.05) is 0 Å². The molecule has 0 amide bonds. The molecule has 1 aliphatic carbocycles. The van der Waals surface area contributed by atoms with Crippen molar-refractivity contribution in [1.29, 1.82) is 0 Å². The lowest BCUT2D eigenvalue weighted by Crippen LogP contribution is -2.20. The van der Waals surface area contributed by atoms with E-state index in [2.05, 4.69) is 24.2 Å². The van der Waals surface area contributed by atoms with Gasteiger partial charge >= 0.3 is 5.97 Å². The summed E-state index contributed by atoms with van der Waals surface area (Å²) < 4.78 is 7.07. The van der Waals surface area contributed by atoms with E-state index in [4.69, 9.17) is 4.74 Å². The first-order chi connectivity index (χ1) is 9.67. The Morgan fingerprint density at radius 1 is 1.30 bits per heavy atom. The first-order valence-corrected chi connectivity index (χ1v) is 7.78. The molecule has 1 aromatic rings. The molecule has 1 saturated carbocycles. The Bertz CT molecular complexity index is 448. The van der Waals surface area contributed by atoms with Crippen molar-refractivity contribution >= 4 is 5.97 Å². The third-order valence-electron chi connectivity index (χ3n) is 4.08. The molecule has 5 heteroatoms. The van der Waals surface area contributed by atoms with Crippen LogP contribution in [-0.2, 0) is 11.2 Å². The Balaban J connectivity index is 2.22. The molecule has 112 valence electrons. The van der Waals surface area contributed by atoms with Crippen molar-refractivity contribution in [2.75, 3.05) is 6.61 Å². The topological polar surface area (TPSA) is 57.0 Å². The number of hydrogen-bond donors (Lipinski definition) is 0. The molecular weight excluding hydrogens is 254 g/mol. The highest BCUT2D eigenvalue weighted by Crippen LogP contribution is 2.32. The minimum atomic E-state index is -0.341. The molecule has 1 heterocycles. The predicted octanol–water partition coefficient (Wildman–Crippen LogP) is 3.16. The first kappa shape index (κ1) is 15.0. The molecule has 0 spiro atoms. The number of esters is 1. The van der Waals surface area contributed by atoms with Crippen molar-refractivity contribution in [3.63, 3.8) is 0 Å². The Morgan fingerprint density at radius 3 is 2.60 bits per heavy atom. The maximum atomic E-state index is 12.0. The van der Waals surface area contributed by atoms with Gasteiger partial charge < -0.3 is 4.74 Å². The lowest BCUT2D eigenvalue weighted by Gasteiger charge is -2.27. The van der Waals surface area contributed by atoms with Crippen LogP contribution in [0.5, 0.6) is 0 Å². The van der Waals surface area contributed by atoms with Crippen molar-refractivity contribution in [2.45, 2.75) is 65.3 Å². The van der Waals surface area contributed by atoms with Crippen molar-refractivity contribution in [2.24, 2.45) is 5.92 Å². The van der Waals surface area contributed by atoms with Crippen LogP contribution in [0.2, 0.25) is 0 Å². The van der Waals surface area contributed by atoms with Crippen LogP contribution in [0, 0.1) is 5.92 Å². The third-order valence-corrected chi connectivity index (χ3v) is 4.08. The molecule has 2 rings (SSSR count). The summed E-state index contributed by atoms with van der Waals surface area (Å²) in [5.74, 6) is 0.459. The fourth-order valence-corrected chi connectivity index (χ4v) is 2.92. The fourth-order valence-electron chi connectivity index (χ4n) is 2.92. The molecule has 0 bridgehead atoms. The predicted molar refractivity (Wildman–Crippen MR) is 76.6 cm³/mol.